The van der Waals surface area contributed by atoms with Gasteiger partial charge in [-0.2, -0.15) is 0 Å². The highest BCUT2D eigenvalue weighted by Crippen LogP contribution is 2.39. The van der Waals surface area contributed by atoms with Crippen LogP contribution >= 0.6 is 11.8 Å². The number of carbonyl (C=O) groups excluding carboxylic acids is 3. The first-order valence-corrected chi connectivity index (χ1v) is 18.2. The molecule has 0 saturated carbocycles. The lowest BCUT2D eigenvalue weighted by Crippen LogP contribution is -2.30. The van der Waals surface area contributed by atoms with Crippen LogP contribution in [0.15, 0.2) is 132 Å². The number of carbonyl (C=O) groups is 3. The van der Waals surface area contributed by atoms with Crippen LogP contribution in [0.25, 0.3) is 6.08 Å². The molecule has 278 valence electrons. The first kappa shape index (κ1) is 39.0. The molecule has 0 radical (unpaired) electrons. The van der Waals surface area contributed by atoms with Crippen molar-refractivity contribution < 1.29 is 33.3 Å². The number of thioether (sulfide) groups is 1. The van der Waals surface area contributed by atoms with Crippen molar-refractivity contribution in [3.63, 3.8) is 0 Å². The summed E-state index contributed by atoms with van der Waals surface area (Å²) < 4.78 is 22.2. The molecule has 1 unspecified atom stereocenters. The molecule has 10 nitrogen and oxygen atoms in total. The molecule has 0 aromatic heterocycles. The van der Waals surface area contributed by atoms with Gasteiger partial charge in [-0.3, -0.25) is 14.4 Å². The van der Waals surface area contributed by atoms with Gasteiger partial charge in [-0.15, -0.1) is 11.8 Å². The Morgan fingerprint density at radius 3 is 1.91 bits per heavy atom. The molecular weight excluding hydrogens is 703 g/mol. The number of hydrogen-bond donors (Lipinski definition) is 3. The summed E-state index contributed by atoms with van der Waals surface area (Å²) in [7, 11) is 4.49. The molecule has 1 atom stereocenters. The molecule has 5 aromatic rings. The predicted octanol–water partition coefficient (Wildman–Crippen LogP) is 8.77. The molecule has 0 aliphatic rings. The number of unbranched alkanes of at least 4 members (excludes halogenated alkanes) is 1. The molecule has 0 saturated heterocycles. The fourth-order valence-electron chi connectivity index (χ4n) is 5.32. The van der Waals surface area contributed by atoms with Crippen LogP contribution in [0.5, 0.6) is 23.0 Å². The highest BCUT2D eigenvalue weighted by Gasteiger charge is 2.23. The van der Waals surface area contributed by atoms with Gasteiger partial charge in [0.1, 0.15) is 16.7 Å². The van der Waals surface area contributed by atoms with E-state index in [1.165, 1.54) is 39.2 Å². The van der Waals surface area contributed by atoms with Crippen LogP contribution in [0, 0.1) is 0 Å². The molecule has 3 amide bonds. The zero-order chi connectivity index (χ0) is 38.3. The maximum absolute atomic E-state index is 13.8. The smallest absolute Gasteiger partial charge is 0.272 e. The third-order valence-corrected chi connectivity index (χ3v) is 9.39. The van der Waals surface area contributed by atoms with E-state index >= 15 is 0 Å². The Kier molecular flexibility index (Phi) is 14.2. The molecule has 3 N–H and O–H groups in total. The molecule has 0 heterocycles. The molecule has 54 heavy (non-hydrogen) atoms. The van der Waals surface area contributed by atoms with Gasteiger partial charge < -0.3 is 34.9 Å². The SMILES string of the molecule is CCCCOc1ccc(NC(=O)C(Sc2ccc(NC(=O)/C(=C/c3cc(OC)c(OC)c(OC)c3)NC(=O)c3ccccc3)cc2)c2ccccc2)cc1. The largest absolute Gasteiger partial charge is 0.494 e. The van der Waals surface area contributed by atoms with E-state index in [2.05, 4.69) is 22.9 Å². The first-order chi connectivity index (χ1) is 26.3. The average Bonchev–Trinajstić information content (AvgIpc) is 3.21. The minimum absolute atomic E-state index is 0.0158. The van der Waals surface area contributed by atoms with Gasteiger partial charge in [-0.1, -0.05) is 61.9 Å². The summed E-state index contributed by atoms with van der Waals surface area (Å²) in [4.78, 5) is 41.5. The molecule has 0 spiro atoms. The van der Waals surface area contributed by atoms with Crippen molar-refractivity contribution in [3.05, 3.63) is 144 Å². The molecule has 0 aliphatic carbocycles. The van der Waals surface area contributed by atoms with E-state index in [9.17, 15) is 14.4 Å². The molecule has 5 rings (SSSR count). The summed E-state index contributed by atoms with van der Waals surface area (Å²) in [5.74, 6) is 0.720. The molecule has 11 heteroatoms. The summed E-state index contributed by atoms with van der Waals surface area (Å²) in [6, 6.07) is 36.0. The summed E-state index contributed by atoms with van der Waals surface area (Å²) in [6.45, 7) is 2.76. The number of methoxy groups -OCH3 is 3. The first-order valence-electron chi connectivity index (χ1n) is 17.4. The van der Waals surface area contributed by atoms with E-state index in [1.807, 2.05) is 66.7 Å². The summed E-state index contributed by atoms with van der Waals surface area (Å²) in [5.41, 5.74) is 2.88. The maximum atomic E-state index is 13.8. The number of amides is 3. The van der Waals surface area contributed by atoms with Crippen molar-refractivity contribution in [1.82, 2.24) is 5.32 Å². The quantitative estimate of drug-likeness (QED) is 0.0491. The second-order valence-electron chi connectivity index (χ2n) is 11.9. The molecule has 0 bridgehead atoms. The monoisotopic (exact) mass is 745 g/mol. The number of anilines is 2. The zero-order valence-corrected chi connectivity index (χ0v) is 31.4. The zero-order valence-electron chi connectivity index (χ0n) is 30.6. The number of hydrogen-bond acceptors (Lipinski definition) is 8. The normalized spacial score (nSPS) is 11.5. The third-order valence-electron chi connectivity index (χ3n) is 8.12. The van der Waals surface area contributed by atoms with Crippen molar-refractivity contribution in [2.75, 3.05) is 38.6 Å². The van der Waals surface area contributed by atoms with Crippen LogP contribution in [0.3, 0.4) is 0 Å². The standard InChI is InChI=1S/C43H43N3O7S/c1-5-6-25-53-34-21-17-32(18-22-34)45-43(49)40(30-13-9-7-10-14-30)54-35-23-19-33(20-24-35)44-42(48)36(46-41(47)31-15-11-8-12-16-31)26-29-27-37(50-2)39(52-4)38(28-29)51-3/h7-24,26-28,40H,5-6,25H2,1-4H3,(H,44,48)(H,45,49)(H,46,47)/b36-26-. The van der Waals surface area contributed by atoms with Crippen LogP contribution in [0.2, 0.25) is 0 Å². The Morgan fingerprint density at radius 1 is 0.722 bits per heavy atom. The second-order valence-corrected chi connectivity index (χ2v) is 13.1. The van der Waals surface area contributed by atoms with Crippen molar-refractivity contribution in [1.29, 1.82) is 0 Å². The van der Waals surface area contributed by atoms with E-state index in [4.69, 9.17) is 18.9 Å². The highest BCUT2D eigenvalue weighted by molar-refractivity contribution is 8.00. The third kappa shape index (κ3) is 10.7. The lowest BCUT2D eigenvalue weighted by atomic mass is 10.1. The van der Waals surface area contributed by atoms with Gasteiger partial charge in [0, 0.05) is 21.8 Å². The van der Waals surface area contributed by atoms with Crippen LogP contribution in [-0.2, 0) is 9.59 Å². The second kappa shape index (κ2) is 19.6. The van der Waals surface area contributed by atoms with Gasteiger partial charge in [0.05, 0.1) is 27.9 Å². The minimum atomic E-state index is -0.562. The Morgan fingerprint density at radius 2 is 1.31 bits per heavy atom. The van der Waals surface area contributed by atoms with Crippen molar-refractivity contribution in [2.45, 2.75) is 29.9 Å². The van der Waals surface area contributed by atoms with E-state index in [1.54, 1.807) is 54.6 Å². The van der Waals surface area contributed by atoms with Gasteiger partial charge >= 0.3 is 0 Å². The van der Waals surface area contributed by atoms with Crippen molar-refractivity contribution in [3.8, 4) is 23.0 Å². The minimum Gasteiger partial charge on any atom is -0.494 e. The highest BCUT2D eigenvalue weighted by atomic mass is 32.2. The topological polar surface area (TPSA) is 124 Å². The van der Waals surface area contributed by atoms with Crippen LogP contribution in [0.1, 0.15) is 46.5 Å². The Balaban J connectivity index is 1.34. The van der Waals surface area contributed by atoms with E-state index in [-0.39, 0.29) is 11.6 Å². The van der Waals surface area contributed by atoms with Crippen molar-refractivity contribution >= 4 is 46.9 Å². The maximum Gasteiger partial charge on any atom is 0.272 e. The van der Waals surface area contributed by atoms with Gasteiger partial charge in [0.25, 0.3) is 11.8 Å². The lowest BCUT2D eigenvalue weighted by Gasteiger charge is -2.18. The Labute approximate surface area is 319 Å². The number of benzene rings is 5. The predicted molar refractivity (Wildman–Crippen MR) is 214 cm³/mol. The average molecular weight is 746 g/mol. The number of ether oxygens (including phenoxy) is 4. The van der Waals surface area contributed by atoms with Crippen molar-refractivity contribution in [2.24, 2.45) is 0 Å². The van der Waals surface area contributed by atoms with Crippen LogP contribution in [0.4, 0.5) is 11.4 Å². The Hall–Kier alpha value is -6.20. The molecule has 5 aromatic carbocycles. The lowest BCUT2D eigenvalue weighted by molar-refractivity contribution is -0.116. The molecule has 0 fully saturated rings. The fraction of sp³-hybridized carbons (Fsp3) is 0.186. The summed E-state index contributed by atoms with van der Waals surface area (Å²) in [6.07, 6.45) is 3.56. The summed E-state index contributed by atoms with van der Waals surface area (Å²) >= 11 is 1.39. The van der Waals surface area contributed by atoms with Gasteiger partial charge in [0.15, 0.2) is 11.5 Å². The van der Waals surface area contributed by atoms with Gasteiger partial charge in [-0.25, -0.2) is 0 Å². The van der Waals surface area contributed by atoms with E-state index < -0.39 is 17.1 Å². The molecular formula is C43H43N3O7S. The molecule has 0 aliphatic heterocycles. The van der Waals surface area contributed by atoms with E-state index in [0.717, 1.165) is 29.1 Å². The fourth-order valence-corrected chi connectivity index (χ4v) is 6.35. The summed E-state index contributed by atoms with van der Waals surface area (Å²) in [5, 5.41) is 8.10. The van der Waals surface area contributed by atoms with Crippen LogP contribution in [-0.4, -0.2) is 45.7 Å². The van der Waals surface area contributed by atoms with Crippen LogP contribution < -0.4 is 34.9 Å². The number of rotatable bonds is 17. The van der Waals surface area contributed by atoms with Gasteiger partial charge in [0.2, 0.25) is 11.7 Å². The Bertz CT molecular complexity index is 2010. The van der Waals surface area contributed by atoms with E-state index in [0.29, 0.717) is 46.4 Å². The van der Waals surface area contributed by atoms with Gasteiger partial charge in [-0.05, 0) is 96.4 Å². The number of nitrogens with one attached hydrogen (secondary N) is 3.